The minimum atomic E-state index is -1.04. The smallest absolute Gasteiger partial charge is 0.326 e. The first-order valence-electron chi connectivity index (χ1n) is 6.39. The molecule has 0 bridgehead atoms. The second kappa shape index (κ2) is 7.75. The maximum atomic E-state index is 11.9. The molecule has 0 saturated carbocycles. The van der Waals surface area contributed by atoms with Gasteiger partial charge >= 0.3 is 5.97 Å². The first-order chi connectivity index (χ1) is 9.43. The number of halogens is 1. The Balaban J connectivity index is 2.57. The molecular formula is C14H18ClNO4. The van der Waals surface area contributed by atoms with E-state index in [1.807, 2.05) is 6.92 Å². The van der Waals surface area contributed by atoms with Crippen LogP contribution in [0, 0.1) is 0 Å². The van der Waals surface area contributed by atoms with Gasteiger partial charge in [-0.1, -0.05) is 24.9 Å². The van der Waals surface area contributed by atoms with E-state index in [1.54, 1.807) is 31.2 Å². The largest absolute Gasteiger partial charge is 0.481 e. The molecule has 110 valence electrons. The quantitative estimate of drug-likeness (QED) is 0.811. The highest BCUT2D eigenvalue weighted by Crippen LogP contribution is 2.16. The summed E-state index contributed by atoms with van der Waals surface area (Å²) in [7, 11) is 0. The van der Waals surface area contributed by atoms with Gasteiger partial charge in [-0.2, -0.15) is 0 Å². The van der Waals surface area contributed by atoms with Crippen molar-refractivity contribution in [2.24, 2.45) is 0 Å². The molecule has 1 amide bonds. The molecule has 0 aliphatic heterocycles. The molecule has 5 nitrogen and oxygen atoms in total. The van der Waals surface area contributed by atoms with Crippen LogP contribution in [0.5, 0.6) is 5.75 Å². The van der Waals surface area contributed by atoms with Gasteiger partial charge in [-0.15, -0.1) is 0 Å². The molecule has 1 aromatic rings. The van der Waals surface area contributed by atoms with E-state index in [9.17, 15) is 9.59 Å². The van der Waals surface area contributed by atoms with Gasteiger partial charge in [-0.05, 0) is 37.6 Å². The maximum absolute atomic E-state index is 11.9. The maximum Gasteiger partial charge on any atom is 0.326 e. The summed E-state index contributed by atoms with van der Waals surface area (Å²) in [5.74, 6) is -1.00. The Morgan fingerprint density at radius 2 is 1.95 bits per heavy atom. The Labute approximate surface area is 122 Å². The predicted octanol–water partition coefficient (Wildman–Crippen LogP) is 2.48. The van der Waals surface area contributed by atoms with Crippen LogP contribution in [0.3, 0.4) is 0 Å². The van der Waals surface area contributed by atoms with Gasteiger partial charge in [-0.25, -0.2) is 4.79 Å². The van der Waals surface area contributed by atoms with Crippen LogP contribution in [-0.4, -0.2) is 29.1 Å². The number of aliphatic carboxylic acids is 1. The summed E-state index contributed by atoms with van der Waals surface area (Å²) in [6.45, 7) is 3.42. The molecule has 0 heterocycles. The van der Waals surface area contributed by atoms with Crippen molar-refractivity contribution in [2.45, 2.75) is 38.8 Å². The fourth-order valence-electron chi connectivity index (χ4n) is 1.61. The van der Waals surface area contributed by atoms with Crippen LogP contribution in [0.2, 0.25) is 5.02 Å². The summed E-state index contributed by atoms with van der Waals surface area (Å²) in [6.07, 6.45) is 0.271. The number of benzene rings is 1. The standard InChI is InChI=1S/C14H18ClNO4/c1-3-4-12(14(18)19)16-13(17)9(2)20-11-7-5-10(15)6-8-11/h5-9,12H,3-4H2,1-2H3,(H,16,17)(H,18,19). The molecule has 0 spiro atoms. The summed E-state index contributed by atoms with van der Waals surface area (Å²) in [6, 6.07) is 5.71. The lowest BCUT2D eigenvalue weighted by Crippen LogP contribution is -2.46. The van der Waals surface area contributed by atoms with Crippen molar-refractivity contribution in [3.8, 4) is 5.75 Å². The monoisotopic (exact) mass is 299 g/mol. The van der Waals surface area contributed by atoms with Gasteiger partial charge in [0.15, 0.2) is 6.10 Å². The molecule has 0 aliphatic carbocycles. The molecule has 0 aromatic heterocycles. The average molecular weight is 300 g/mol. The van der Waals surface area contributed by atoms with Gasteiger partial charge < -0.3 is 15.2 Å². The van der Waals surface area contributed by atoms with Crippen LogP contribution in [0.1, 0.15) is 26.7 Å². The highest BCUT2D eigenvalue weighted by Gasteiger charge is 2.23. The lowest BCUT2D eigenvalue weighted by Gasteiger charge is -2.18. The van der Waals surface area contributed by atoms with Gasteiger partial charge in [0.2, 0.25) is 0 Å². The summed E-state index contributed by atoms with van der Waals surface area (Å²) in [5.41, 5.74) is 0. The van der Waals surface area contributed by atoms with Crippen LogP contribution in [-0.2, 0) is 9.59 Å². The predicted molar refractivity (Wildman–Crippen MR) is 76.0 cm³/mol. The molecule has 20 heavy (non-hydrogen) atoms. The molecule has 0 radical (unpaired) electrons. The van der Waals surface area contributed by atoms with Gasteiger partial charge in [0, 0.05) is 5.02 Å². The van der Waals surface area contributed by atoms with Gasteiger partial charge in [0.25, 0.3) is 5.91 Å². The summed E-state index contributed by atoms with van der Waals surface area (Å²) >= 11 is 5.75. The van der Waals surface area contributed by atoms with Crippen LogP contribution in [0.15, 0.2) is 24.3 Å². The first kappa shape index (κ1) is 16.3. The second-order valence-corrected chi connectivity index (χ2v) is 4.84. The van der Waals surface area contributed by atoms with Crippen molar-refractivity contribution in [3.63, 3.8) is 0 Å². The summed E-state index contributed by atoms with van der Waals surface area (Å²) in [4.78, 5) is 22.9. The fraction of sp³-hybridized carbons (Fsp3) is 0.429. The average Bonchev–Trinajstić information content (AvgIpc) is 2.40. The van der Waals surface area contributed by atoms with Crippen LogP contribution < -0.4 is 10.1 Å². The van der Waals surface area contributed by atoms with Crippen molar-refractivity contribution in [2.75, 3.05) is 0 Å². The number of amides is 1. The Hall–Kier alpha value is -1.75. The molecule has 2 unspecified atom stereocenters. The Bertz CT molecular complexity index is 461. The minimum Gasteiger partial charge on any atom is -0.481 e. The number of carboxylic acid groups (broad SMARTS) is 1. The topological polar surface area (TPSA) is 75.6 Å². The van der Waals surface area contributed by atoms with E-state index in [0.717, 1.165) is 0 Å². The van der Waals surface area contributed by atoms with E-state index in [0.29, 0.717) is 23.6 Å². The molecule has 1 rings (SSSR count). The van der Waals surface area contributed by atoms with E-state index in [2.05, 4.69) is 5.32 Å². The van der Waals surface area contributed by atoms with Gasteiger partial charge in [-0.3, -0.25) is 4.79 Å². The van der Waals surface area contributed by atoms with E-state index in [1.165, 1.54) is 0 Å². The van der Waals surface area contributed by atoms with Crippen molar-refractivity contribution in [3.05, 3.63) is 29.3 Å². The molecular weight excluding hydrogens is 282 g/mol. The number of hydrogen-bond acceptors (Lipinski definition) is 3. The number of carbonyl (C=O) groups excluding carboxylic acids is 1. The van der Waals surface area contributed by atoms with E-state index >= 15 is 0 Å². The van der Waals surface area contributed by atoms with E-state index in [-0.39, 0.29) is 0 Å². The third-order valence-corrected chi connectivity index (χ3v) is 2.94. The third-order valence-electron chi connectivity index (χ3n) is 2.69. The van der Waals surface area contributed by atoms with Crippen LogP contribution in [0.25, 0.3) is 0 Å². The SMILES string of the molecule is CCCC(NC(=O)C(C)Oc1ccc(Cl)cc1)C(=O)O. The summed E-state index contributed by atoms with van der Waals surface area (Å²) in [5, 5.41) is 12.0. The number of carbonyl (C=O) groups is 2. The Morgan fingerprint density at radius 3 is 2.45 bits per heavy atom. The van der Waals surface area contributed by atoms with Crippen molar-refractivity contribution < 1.29 is 19.4 Å². The first-order valence-corrected chi connectivity index (χ1v) is 6.77. The molecule has 0 fully saturated rings. The van der Waals surface area contributed by atoms with Crippen molar-refractivity contribution >= 4 is 23.5 Å². The second-order valence-electron chi connectivity index (χ2n) is 4.40. The van der Waals surface area contributed by atoms with Gasteiger partial charge in [0.05, 0.1) is 0 Å². The minimum absolute atomic E-state index is 0.384. The molecule has 2 atom stereocenters. The zero-order valence-electron chi connectivity index (χ0n) is 11.4. The van der Waals surface area contributed by atoms with Crippen LogP contribution >= 0.6 is 11.6 Å². The highest BCUT2D eigenvalue weighted by molar-refractivity contribution is 6.30. The Kier molecular flexibility index (Phi) is 6.31. The lowest BCUT2D eigenvalue weighted by molar-refractivity contribution is -0.143. The van der Waals surface area contributed by atoms with Crippen LogP contribution in [0.4, 0.5) is 0 Å². The molecule has 0 saturated heterocycles. The van der Waals surface area contributed by atoms with Crippen molar-refractivity contribution in [1.29, 1.82) is 0 Å². The molecule has 2 N–H and O–H groups in total. The summed E-state index contributed by atoms with van der Waals surface area (Å²) < 4.78 is 5.43. The number of rotatable bonds is 7. The van der Waals surface area contributed by atoms with Gasteiger partial charge in [0.1, 0.15) is 11.8 Å². The van der Waals surface area contributed by atoms with Crippen molar-refractivity contribution in [1.82, 2.24) is 5.32 Å². The molecule has 1 aromatic carbocycles. The normalized spacial score (nSPS) is 13.3. The number of nitrogens with one attached hydrogen (secondary N) is 1. The lowest BCUT2D eigenvalue weighted by atomic mass is 10.1. The third kappa shape index (κ3) is 5.09. The number of ether oxygens (including phenoxy) is 1. The van der Waals surface area contributed by atoms with E-state index < -0.39 is 24.0 Å². The van der Waals surface area contributed by atoms with E-state index in [4.69, 9.17) is 21.4 Å². The zero-order valence-corrected chi connectivity index (χ0v) is 12.2. The highest BCUT2D eigenvalue weighted by atomic mass is 35.5. The number of hydrogen-bond donors (Lipinski definition) is 2. The fourth-order valence-corrected chi connectivity index (χ4v) is 1.73. The molecule has 6 heteroatoms. The Morgan fingerprint density at radius 1 is 1.35 bits per heavy atom. The zero-order chi connectivity index (χ0) is 15.1. The molecule has 0 aliphatic rings. The number of carboxylic acids is 1.